The fourth-order valence-corrected chi connectivity index (χ4v) is 5.02. The molecule has 0 spiro atoms. The zero-order chi connectivity index (χ0) is 21.5. The molecule has 1 fully saturated rings. The molecule has 166 valence electrons. The third-order valence-electron chi connectivity index (χ3n) is 6.85. The second-order valence-corrected chi connectivity index (χ2v) is 9.00. The molecule has 1 saturated heterocycles. The molecular weight excluding hydrogens is 380 g/mol. The quantitative estimate of drug-likeness (QED) is 0.480. The molecular formula is C27H38N4. The topological polar surface area (TPSA) is 48.1 Å². The van der Waals surface area contributed by atoms with Gasteiger partial charge >= 0.3 is 0 Å². The van der Waals surface area contributed by atoms with E-state index >= 15 is 0 Å². The van der Waals surface area contributed by atoms with E-state index in [0.717, 1.165) is 45.7 Å². The largest absolute Gasteiger partial charge is 0.315 e. The lowest BCUT2D eigenvalue weighted by Gasteiger charge is -2.32. The Morgan fingerprint density at radius 2 is 1.19 bits per heavy atom. The SMILES string of the molecule is CC1NCCNCCCNCCNC(C)C1Cc1c2ccccc2cc2ccccc12. The number of benzene rings is 3. The highest BCUT2D eigenvalue weighted by molar-refractivity contribution is 6.02. The predicted octanol–water partition coefficient (Wildman–Crippen LogP) is 3.69. The fourth-order valence-electron chi connectivity index (χ4n) is 5.02. The maximum atomic E-state index is 3.82. The van der Waals surface area contributed by atoms with Crippen LogP contribution in [0.3, 0.4) is 0 Å². The first-order valence-corrected chi connectivity index (χ1v) is 12.0. The Labute approximate surface area is 187 Å². The molecule has 0 aliphatic carbocycles. The Hall–Kier alpha value is -1.98. The Morgan fingerprint density at radius 1 is 0.677 bits per heavy atom. The van der Waals surface area contributed by atoms with Gasteiger partial charge in [0.25, 0.3) is 0 Å². The molecule has 0 saturated carbocycles. The monoisotopic (exact) mass is 418 g/mol. The van der Waals surface area contributed by atoms with Crippen LogP contribution in [0, 0.1) is 5.92 Å². The molecule has 4 heteroatoms. The van der Waals surface area contributed by atoms with Crippen LogP contribution >= 0.6 is 0 Å². The number of nitrogens with one attached hydrogen (secondary N) is 4. The normalized spacial score (nSPS) is 24.8. The minimum absolute atomic E-state index is 0.429. The van der Waals surface area contributed by atoms with E-state index in [0.29, 0.717) is 18.0 Å². The molecule has 1 heterocycles. The fraction of sp³-hybridized carbons (Fsp3) is 0.481. The van der Waals surface area contributed by atoms with Gasteiger partial charge in [0.05, 0.1) is 0 Å². The molecule has 2 unspecified atom stereocenters. The summed E-state index contributed by atoms with van der Waals surface area (Å²) in [6.45, 7) is 10.9. The second kappa shape index (κ2) is 11.1. The van der Waals surface area contributed by atoms with Crippen molar-refractivity contribution in [2.75, 3.05) is 39.3 Å². The number of rotatable bonds is 2. The van der Waals surface area contributed by atoms with Gasteiger partial charge in [0.1, 0.15) is 0 Å². The smallest absolute Gasteiger partial charge is 0.00854 e. The van der Waals surface area contributed by atoms with E-state index in [1.54, 1.807) is 0 Å². The number of hydrogen-bond acceptors (Lipinski definition) is 4. The lowest BCUT2D eigenvalue weighted by Crippen LogP contribution is -2.48. The van der Waals surface area contributed by atoms with Gasteiger partial charge in [-0.2, -0.15) is 0 Å². The molecule has 31 heavy (non-hydrogen) atoms. The lowest BCUT2D eigenvalue weighted by molar-refractivity contribution is 0.290. The zero-order valence-electron chi connectivity index (χ0n) is 19.1. The van der Waals surface area contributed by atoms with Crippen LogP contribution in [0.5, 0.6) is 0 Å². The van der Waals surface area contributed by atoms with E-state index in [2.05, 4.69) is 89.7 Å². The van der Waals surface area contributed by atoms with Gasteiger partial charge < -0.3 is 21.3 Å². The van der Waals surface area contributed by atoms with E-state index in [-0.39, 0.29) is 0 Å². The average molecular weight is 419 g/mol. The van der Waals surface area contributed by atoms with Gasteiger partial charge in [-0.05, 0) is 78.9 Å². The zero-order valence-corrected chi connectivity index (χ0v) is 19.1. The van der Waals surface area contributed by atoms with Crippen LogP contribution in [-0.2, 0) is 6.42 Å². The van der Waals surface area contributed by atoms with Crippen molar-refractivity contribution < 1.29 is 0 Å². The number of hydrogen-bond donors (Lipinski definition) is 4. The molecule has 0 aromatic heterocycles. The molecule has 4 N–H and O–H groups in total. The molecule has 0 bridgehead atoms. The highest BCUT2D eigenvalue weighted by Gasteiger charge is 2.25. The Balaban J connectivity index is 1.65. The van der Waals surface area contributed by atoms with Crippen molar-refractivity contribution in [1.82, 2.24) is 21.3 Å². The molecule has 1 aliphatic heterocycles. The first kappa shape index (κ1) is 22.2. The van der Waals surface area contributed by atoms with Crippen molar-refractivity contribution >= 4 is 21.5 Å². The second-order valence-electron chi connectivity index (χ2n) is 9.00. The summed E-state index contributed by atoms with van der Waals surface area (Å²) in [5.74, 6) is 0.497. The van der Waals surface area contributed by atoms with Crippen LogP contribution in [0.1, 0.15) is 25.8 Å². The predicted molar refractivity (Wildman–Crippen MR) is 134 cm³/mol. The van der Waals surface area contributed by atoms with E-state index in [9.17, 15) is 0 Å². The van der Waals surface area contributed by atoms with Crippen molar-refractivity contribution in [3.05, 3.63) is 60.2 Å². The molecule has 1 aliphatic rings. The summed E-state index contributed by atoms with van der Waals surface area (Å²) < 4.78 is 0. The van der Waals surface area contributed by atoms with E-state index in [4.69, 9.17) is 0 Å². The summed E-state index contributed by atoms with van der Waals surface area (Å²) in [6, 6.07) is 20.9. The van der Waals surface area contributed by atoms with Gasteiger partial charge in [-0.1, -0.05) is 48.5 Å². The average Bonchev–Trinajstić information content (AvgIpc) is 2.79. The first-order chi connectivity index (χ1) is 15.2. The summed E-state index contributed by atoms with van der Waals surface area (Å²) in [6.07, 6.45) is 2.24. The van der Waals surface area contributed by atoms with Crippen molar-refractivity contribution in [3.63, 3.8) is 0 Å². The molecule has 2 atom stereocenters. The van der Waals surface area contributed by atoms with E-state index in [1.165, 1.54) is 33.5 Å². The minimum atomic E-state index is 0.429. The van der Waals surface area contributed by atoms with Gasteiger partial charge in [-0.3, -0.25) is 0 Å². The maximum Gasteiger partial charge on any atom is 0.00854 e. The molecule has 3 aromatic rings. The molecule has 0 amide bonds. The number of fused-ring (bicyclic) bond motifs is 2. The summed E-state index contributed by atoms with van der Waals surface area (Å²) >= 11 is 0. The lowest BCUT2D eigenvalue weighted by atomic mass is 9.83. The van der Waals surface area contributed by atoms with E-state index in [1.807, 2.05) is 0 Å². The van der Waals surface area contributed by atoms with Crippen LogP contribution in [0.2, 0.25) is 0 Å². The Morgan fingerprint density at radius 3 is 1.74 bits per heavy atom. The summed E-state index contributed by atoms with van der Waals surface area (Å²) in [5.41, 5.74) is 1.48. The highest BCUT2D eigenvalue weighted by atomic mass is 15.0. The van der Waals surface area contributed by atoms with Crippen molar-refractivity contribution in [1.29, 1.82) is 0 Å². The van der Waals surface area contributed by atoms with Crippen molar-refractivity contribution in [2.45, 2.75) is 38.8 Å². The summed E-state index contributed by atoms with van der Waals surface area (Å²) in [5, 5.41) is 20.2. The van der Waals surface area contributed by atoms with Gasteiger partial charge in [0, 0.05) is 38.3 Å². The van der Waals surface area contributed by atoms with Gasteiger partial charge in [0.15, 0.2) is 0 Å². The van der Waals surface area contributed by atoms with Crippen LogP contribution in [-0.4, -0.2) is 51.4 Å². The third-order valence-corrected chi connectivity index (χ3v) is 6.85. The maximum absolute atomic E-state index is 3.82. The molecule has 0 radical (unpaired) electrons. The van der Waals surface area contributed by atoms with Crippen LogP contribution in [0.15, 0.2) is 54.6 Å². The highest BCUT2D eigenvalue weighted by Crippen LogP contribution is 2.31. The molecule has 3 aromatic carbocycles. The van der Waals surface area contributed by atoms with Gasteiger partial charge in [0.2, 0.25) is 0 Å². The first-order valence-electron chi connectivity index (χ1n) is 12.0. The van der Waals surface area contributed by atoms with E-state index < -0.39 is 0 Å². The Kier molecular flexibility index (Phi) is 7.92. The Bertz CT molecular complexity index is 898. The van der Waals surface area contributed by atoms with Crippen molar-refractivity contribution in [2.24, 2.45) is 5.92 Å². The van der Waals surface area contributed by atoms with Crippen LogP contribution in [0.25, 0.3) is 21.5 Å². The summed E-state index contributed by atoms with van der Waals surface area (Å²) in [4.78, 5) is 0. The van der Waals surface area contributed by atoms with Crippen LogP contribution in [0.4, 0.5) is 0 Å². The standard InChI is InChI=1S/C27H38N4/c1-20-26(21(2)31-17-15-29-13-7-12-28-14-16-30-20)19-27-24-10-5-3-8-22(24)18-23-9-4-6-11-25(23)27/h3-6,8-11,18,20-21,26,28-31H,7,12-17,19H2,1-2H3. The van der Waals surface area contributed by atoms with Crippen molar-refractivity contribution in [3.8, 4) is 0 Å². The molecule has 4 nitrogen and oxygen atoms in total. The third kappa shape index (κ3) is 5.64. The minimum Gasteiger partial charge on any atom is -0.315 e. The summed E-state index contributed by atoms with van der Waals surface area (Å²) in [7, 11) is 0. The van der Waals surface area contributed by atoms with Gasteiger partial charge in [-0.15, -0.1) is 0 Å². The van der Waals surface area contributed by atoms with Gasteiger partial charge in [-0.25, -0.2) is 0 Å². The molecule has 4 rings (SSSR count). The van der Waals surface area contributed by atoms with Crippen LogP contribution < -0.4 is 21.3 Å².